The molecule has 16 heavy (non-hydrogen) atoms. The summed E-state index contributed by atoms with van der Waals surface area (Å²) in [6.07, 6.45) is 7.50. The van der Waals surface area contributed by atoms with Crippen molar-refractivity contribution in [2.45, 2.75) is 57.4 Å². The second-order valence-corrected chi connectivity index (χ2v) is 4.33. The fraction of sp³-hybridized carbons (Fsp3) is 0.833. The van der Waals surface area contributed by atoms with E-state index < -0.39 is 0 Å². The number of amides is 1. The van der Waals surface area contributed by atoms with Gasteiger partial charge in [-0.15, -0.1) is 0 Å². The predicted octanol–water partition coefficient (Wildman–Crippen LogP) is 1.78. The highest BCUT2D eigenvalue weighted by Gasteiger charge is 2.15. The van der Waals surface area contributed by atoms with Crippen molar-refractivity contribution in [2.24, 2.45) is 0 Å². The van der Waals surface area contributed by atoms with Gasteiger partial charge in [-0.25, -0.2) is 0 Å². The summed E-state index contributed by atoms with van der Waals surface area (Å²) >= 11 is 0. The molecule has 1 aliphatic rings. The first-order valence-electron chi connectivity index (χ1n) is 6.08. The van der Waals surface area contributed by atoms with Crippen molar-refractivity contribution < 1.29 is 14.3 Å². The van der Waals surface area contributed by atoms with Crippen LogP contribution in [0.4, 0.5) is 0 Å². The van der Waals surface area contributed by atoms with E-state index in [1.165, 1.54) is 32.8 Å². The molecule has 1 fully saturated rings. The number of hydrogen-bond donors (Lipinski definition) is 1. The molecule has 0 spiro atoms. The fourth-order valence-electron chi connectivity index (χ4n) is 2.04. The maximum Gasteiger partial charge on any atom is 0.306 e. The van der Waals surface area contributed by atoms with Gasteiger partial charge < -0.3 is 10.1 Å². The molecule has 0 unspecified atom stereocenters. The Labute approximate surface area is 96.7 Å². The quantitative estimate of drug-likeness (QED) is 0.588. The highest BCUT2D eigenvalue weighted by molar-refractivity contribution is 5.81. The van der Waals surface area contributed by atoms with E-state index in [0.29, 0.717) is 6.04 Å². The average Bonchev–Trinajstić information content (AvgIpc) is 2.54. The summed E-state index contributed by atoms with van der Waals surface area (Å²) in [7, 11) is 1.34. The molecule has 0 bridgehead atoms. The molecule has 0 aromatic heterocycles. The molecule has 4 nitrogen and oxygen atoms in total. The van der Waals surface area contributed by atoms with Gasteiger partial charge >= 0.3 is 5.97 Å². The average molecular weight is 227 g/mol. The molecule has 0 aliphatic heterocycles. The van der Waals surface area contributed by atoms with Crippen LogP contribution in [0.3, 0.4) is 0 Å². The zero-order valence-electron chi connectivity index (χ0n) is 9.96. The van der Waals surface area contributed by atoms with Crippen molar-refractivity contribution >= 4 is 11.9 Å². The number of methoxy groups -OCH3 is 1. The zero-order chi connectivity index (χ0) is 11.8. The third-order valence-corrected chi connectivity index (χ3v) is 3.00. The maximum absolute atomic E-state index is 11.5. The largest absolute Gasteiger partial charge is 0.469 e. The van der Waals surface area contributed by atoms with Gasteiger partial charge in [0.1, 0.15) is 0 Å². The summed E-state index contributed by atoms with van der Waals surface area (Å²) in [5.74, 6) is -0.353. The number of rotatable bonds is 4. The van der Waals surface area contributed by atoms with Crippen LogP contribution >= 0.6 is 0 Å². The Balaban J connectivity index is 2.19. The molecule has 0 aromatic carbocycles. The van der Waals surface area contributed by atoms with Gasteiger partial charge in [0.2, 0.25) is 5.91 Å². The number of ether oxygens (including phenoxy) is 1. The molecule has 0 saturated heterocycles. The number of carbonyl (C=O) groups is 2. The standard InChI is InChI=1S/C12H21NO3/c1-16-12(15)9-8-11(14)13-10-6-4-2-3-5-7-10/h10H,2-9H2,1H3,(H,13,14). The summed E-state index contributed by atoms with van der Waals surface area (Å²) < 4.78 is 4.49. The Hall–Kier alpha value is -1.06. The molecule has 1 amide bonds. The van der Waals surface area contributed by atoms with Gasteiger partial charge in [-0.2, -0.15) is 0 Å². The van der Waals surface area contributed by atoms with E-state index in [-0.39, 0.29) is 24.7 Å². The molecule has 0 atom stereocenters. The number of nitrogens with one attached hydrogen (secondary N) is 1. The topological polar surface area (TPSA) is 55.4 Å². The third-order valence-electron chi connectivity index (χ3n) is 3.00. The lowest BCUT2D eigenvalue weighted by molar-refractivity contribution is -0.142. The molecule has 4 heteroatoms. The van der Waals surface area contributed by atoms with Gasteiger partial charge in [-0.1, -0.05) is 25.7 Å². The minimum absolute atomic E-state index is 0.0303. The zero-order valence-corrected chi connectivity index (χ0v) is 9.96. The van der Waals surface area contributed by atoms with Crippen LogP contribution < -0.4 is 5.32 Å². The highest BCUT2D eigenvalue weighted by Crippen LogP contribution is 2.17. The van der Waals surface area contributed by atoms with Crippen molar-refractivity contribution in [1.82, 2.24) is 5.32 Å². The lowest BCUT2D eigenvalue weighted by Crippen LogP contribution is -2.34. The Bertz CT molecular complexity index is 232. The van der Waals surface area contributed by atoms with E-state index >= 15 is 0 Å². The number of carbonyl (C=O) groups excluding carboxylic acids is 2. The van der Waals surface area contributed by atoms with Gasteiger partial charge in [0.25, 0.3) is 0 Å². The molecule has 1 saturated carbocycles. The maximum atomic E-state index is 11.5. The number of hydrogen-bond acceptors (Lipinski definition) is 3. The van der Waals surface area contributed by atoms with Gasteiger partial charge in [0.15, 0.2) is 0 Å². The Morgan fingerprint density at radius 2 is 1.75 bits per heavy atom. The summed E-state index contributed by atoms with van der Waals surface area (Å²) in [4.78, 5) is 22.4. The van der Waals surface area contributed by atoms with Gasteiger partial charge in [-0.3, -0.25) is 9.59 Å². The molecule has 1 N–H and O–H groups in total. The van der Waals surface area contributed by atoms with Crippen molar-refractivity contribution in [3.8, 4) is 0 Å². The highest BCUT2D eigenvalue weighted by atomic mass is 16.5. The van der Waals surface area contributed by atoms with E-state index in [2.05, 4.69) is 10.1 Å². The molecule has 0 heterocycles. The minimum atomic E-state index is -0.323. The molecule has 1 rings (SSSR count). The molecule has 1 aliphatic carbocycles. The third kappa shape index (κ3) is 5.14. The van der Waals surface area contributed by atoms with E-state index in [9.17, 15) is 9.59 Å². The van der Waals surface area contributed by atoms with Crippen molar-refractivity contribution in [2.75, 3.05) is 7.11 Å². The number of esters is 1. The SMILES string of the molecule is COC(=O)CCC(=O)NC1CCCCCC1. The van der Waals surface area contributed by atoms with Crippen LogP contribution in [0.5, 0.6) is 0 Å². The Morgan fingerprint density at radius 1 is 1.12 bits per heavy atom. The summed E-state index contributed by atoms with van der Waals surface area (Å²) in [5, 5.41) is 2.99. The summed E-state index contributed by atoms with van der Waals surface area (Å²) in [5.41, 5.74) is 0. The van der Waals surface area contributed by atoms with Crippen LogP contribution in [-0.4, -0.2) is 25.0 Å². The van der Waals surface area contributed by atoms with Crippen LogP contribution in [0.15, 0.2) is 0 Å². The van der Waals surface area contributed by atoms with Crippen molar-refractivity contribution in [3.05, 3.63) is 0 Å². The molecule has 92 valence electrons. The van der Waals surface area contributed by atoms with Crippen molar-refractivity contribution in [3.63, 3.8) is 0 Å². The summed E-state index contributed by atoms with van der Waals surface area (Å²) in [6.45, 7) is 0. The second-order valence-electron chi connectivity index (χ2n) is 4.33. The van der Waals surface area contributed by atoms with E-state index in [4.69, 9.17) is 0 Å². The smallest absolute Gasteiger partial charge is 0.306 e. The molecule has 0 radical (unpaired) electrons. The van der Waals surface area contributed by atoms with Gasteiger partial charge in [-0.05, 0) is 12.8 Å². The van der Waals surface area contributed by atoms with E-state index in [1.807, 2.05) is 0 Å². The Morgan fingerprint density at radius 3 is 2.31 bits per heavy atom. The molecular formula is C12H21NO3. The van der Waals surface area contributed by atoms with E-state index in [0.717, 1.165) is 12.8 Å². The monoisotopic (exact) mass is 227 g/mol. The van der Waals surface area contributed by atoms with Crippen LogP contribution in [0.1, 0.15) is 51.4 Å². The first-order valence-corrected chi connectivity index (χ1v) is 6.08. The van der Waals surface area contributed by atoms with Gasteiger partial charge in [0, 0.05) is 12.5 Å². The molecule has 0 aromatic rings. The van der Waals surface area contributed by atoms with Crippen LogP contribution in [0, 0.1) is 0 Å². The normalized spacial score (nSPS) is 17.6. The fourth-order valence-corrected chi connectivity index (χ4v) is 2.04. The lowest BCUT2D eigenvalue weighted by atomic mass is 10.1. The van der Waals surface area contributed by atoms with Crippen LogP contribution in [0.2, 0.25) is 0 Å². The van der Waals surface area contributed by atoms with Gasteiger partial charge in [0.05, 0.1) is 13.5 Å². The van der Waals surface area contributed by atoms with Crippen molar-refractivity contribution in [1.29, 1.82) is 0 Å². The Kier molecular flexibility index (Phi) is 5.90. The van der Waals surface area contributed by atoms with E-state index in [1.54, 1.807) is 0 Å². The predicted molar refractivity (Wildman–Crippen MR) is 60.9 cm³/mol. The second kappa shape index (κ2) is 7.25. The molecular weight excluding hydrogens is 206 g/mol. The van der Waals surface area contributed by atoms with Crippen LogP contribution in [0.25, 0.3) is 0 Å². The summed E-state index contributed by atoms with van der Waals surface area (Å²) in [6, 6.07) is 0.313. The lowest BCUT2D eigenvalue weighted by Gasteiger charge is -2.15. The first-order chi connectivity index (χ1) is 7.72. The van der Waals surface area contributed by atoms with Crippen LogP contribution in [-0.2, 0) is 14.3 Å². The first kappa shape index (κ1) is 13.0. The minimum Gasteiger partial charge on any atom is -0.469 e.